The van der Waals surface area contributed by atoms with Gasteiger partial charge in [-0.25, -0.2) is 0 Å². The van der Waals surface area contributed by atoms with Gasteiger partial charge in [-0.2, -0.15) is 0 Å². The molecule has 0 N–H and O–H groups in total. The van der Waals surface area contributed by atoms with Crippen LogP contribution in [0.15, 0.2) is 18.2 Å². The summed E-state index contributed by atoms with van der Waals surface area (Å²) in [5.41, 5.74) is 3.41. The van der Waals surface area contributed by atoms with E-state index >= 15 is 0 Å². The number of rotatable bonds is 1. The van der Waals surface area contributed by atoms with Crippen LogP contribution in [0.4, 0.5) is 0 Å². The Labute approximate surface area is 110 Å². The molecule has 0 atom stereocenters. The van der Waals surface area contributed by atoms with Crippen molar-refractivity contribution in [2.24, 2.45) is 5.41 Å². The summed E-state index contributed by atoms with van der Waals surface area (Å²) in [4.78, 5) is 14.6. The SMILES string of the molecule is Cc1ccc(C(=O)N2CCCC(C)(C)C2)c(C)c1. The van der Waals surface area contributed by atoms with Crippen molar-refractivity contribution < 1.29 is 4.79 Å². The third-order valence-electron chi connectivity index (χ3n) is 3.80. The maximum atomic E-state index is 12.5. The van der Waals surface area contributed by atoms with E-state index in [-0.39, 0.29) is 11.3 Å². The van der Waals surface area contributed by atoms with Gasteiger partial charge in [0.1, 0.15) is 0 Å². The molecule has 0 aliphatic carbocycles. The monoisotopic (exact) mass is 245 g/mol. The van der Waals surface area contributed by atoms with Gasteiger partial charge in [-0.15, -0.1) is 0 Å². The van der Waals surface area contributed by atoms with E-state index in [0.29, 0.717) is 0 Å². The molecule has 0 saturated carbocycles. The molecule has 0 radical (unpaired) electrons. The average molecular weight is 245 g/mol. The predicted molar refractivity (Wildman–Crippen MR) is 74.8 cm³/mol. The second-order valence-corrected chi connectivity index (χ2v) is 6.31. The average Bonchev–Trinajstić information content (AvgIpc) is 2.27. The van der Waals surface area contributed by atoms with E-state index in [2.05, 4.69) is 26.8 Å². The molecule has 2 heteroatoms. The van der Waals surface area contributed by atoms with Crippen LogP contribution in [0.2, 0.25) is 0 Å². The lowest BCUT2D eigenvalue weighted by atomic mass is 9.84. The molecule has 1 aromatic rings. The second kappa shape index (κ2) is 4.75. The zero-order valence-corrected chi connectivity index (χ0v) is 11.9. The number of amides is 1. The highest BCUT2D eigenvalue weighted by Gasteiger charge is 2.29. The van der Waals surface area contributed by atoms with Crippen molar-refractivity contribution >= 4 is 5.91 Å². The van der Waals surface area contributed by atoms with E-state index in [9.17, 15) is 4.79 Å². The Hall–Kier alpha value is -1.31. The smallest absolute Gasteiger partial charge is 0.254 e. The Bertz CT molecular complexity index is 462. The van der Waals surface area contributed by atoms with E-state index in [0.717, 1.165) is 30.6 Å². The summed E-state index contributed by atoms with van der Waals surface area (Å²) in [5.74, 6) is 0.195. The molecule has 0 spiro atoms. The van der Waals surface area contributed by atoms with Gasteiger partial charge in [0, 0.05) is 18.7 Å². The third-order valence-corrected chi connectivity index (χ3v) is 3.80. The minimum atomic E-state index is 0.195. The largest absolute Gasteiger partial charge is 0.338 e. The van der Waals surface area contributed by atoms with Crippen LogP contribution in [0.5, 0.6) is 0 Å². The van der Waals surface area contributed by atoms with Crippen molar-refractivity contribution in [1.82, 2.24) is 4.90 Å². The Morgan fingerprint density at radius 2 is 2.00 bits per heavy atom. The number of likely N-dealkylation sites (tertiary alicyclic amines) is 1. The fraction of sp³-hybridized carbons (Fsp3) is 0.562. The number of piperidine rings is 1. The summed E-state index contributed by atoms with van der Waals surface area (Å²) in [6.45, 7) is 10.3. The van der Waals surface area contributed by atoms with Crippen LogP contribution in [0.3, 0.4) is 0 Å². The van der Waals surface area contributed by atoms with Crippen LogP contribution in [0.1, 0.15) is 48.2 Å². The first kappa shape index (κ1) is 13.1. The molecule has 18 heavy (non-hydrogen) atoms. The van der Waals surface area contributed by atoms with Crippen LogP contribution in [-0.2, 0) is 0 Å². The Morgan fingerprint density at radius 3 is 2.61 bits per heavy atom. The van der Waals surface area contributed by atoms with Gasteiger partial charge in [-0.3, -0.25) is 4.79 Å². The molecule has 1 aliphatic rings. The van der Waals surface area contributed by atoms with Crippen molar-refractivity contribution in [3.05, 3.63) is 34.9 Å². The summed E-state index contributed by atoms with van der Waals surface area (Å²) in [6.07, 6.45) is 2.33. The van der Waals surface area contributed by atoms with Crippen LogP contribution in [-0.4, -0.2) is 23.9 Å². The van der Waals surface area contributed by atoms with E-state index < -0.39 is 0 Å². The number of benzene rings is 1. The van der Waals surface area contributed by atoms with Crippen molar-refractivity contribution in [3.63, 3.8) is 0 Å². The van der Waals surface area contributed by atoms with E-state index in [1.807, 2.05) is 24.0 Å². The highest BCUT2D eigenvalue weighted by Crippen LogP contribution is 2.29. The Balaban J connectivity index is 2.20. The van der Waals surface area contributed by atoms with Crippen LogP contribution in [0.25, 0.3) is 0 Å². The number of carbonyl (C=O) groups is 1. The first-order chi connectivity index (χ1) is 8.39. The second-order valence-electron chi connectivity index (χ2n) is 6.31. The van der Waals surface area contributed by atoms with Gasteiger partial charge in [-0.05, 0) is 43.7 Å². The lowest BCUT2D eigenvalue weighted by molar-refractivity contribution is 0.0582. The molecule has 1 fully saturated rings. The lowest BCUT2D eigenvalue weighted by Gasteiger charge is -2.38. The number of nitrogens with zero attached hydrogens (tertiary/aromatic N) is 1. The van der Waals surface area contributed by atoms with Crippen LogP contribution < -0.4 is 0 Å². The molecular weight excluding hydrogens is 222 g/mol. The molecule has 1 aromatic carbocycles. The minimum Gasteiger partial charge on any atom is -0.338 e. The molecule has 1 aliphatic heterocycles. The van der Waals surface area contributed by atoms with Gasteiger partial charge in [0.2, 0.25) is 0 Å². The number of hydrogen-bond donors (Lipinski definition) is 0. The first-order valence-electron chi connectivity index (χ1n) is 6.76. The topological polar surface area (TPSA) is 20.3 Å². The summed E-state index contributed by atoms with van der Waals surface area (Å²) >= 11 is 0. The Morgan fingerprint density at radius 1 is 1.28 bits per heavy atom. The molecule has 0 aromatic heterocycles. The maximum Gasteiger partial charge on any atom is 0.254 e. The van der Waals surface area contributed by atoms with E-state index in [1.54, 1.807) is 0 Å². The zero-order valence-electron chi connectivity index (χ0n) is 11.9. The zero-order chi connectivity index (χ0) is 13.3. The van der Waals surface area contributed by atoms with Crippen LogP contribution in [0, 0.1) is 19.3 Å². The number of aryl methyl sites for hydroxylation is 2. The molecule has 1 heterocycles. The minimum absolute atomic E-state index is 0.195. The van der Waals surface area contributed by atoms with Crippen molar-refractivity contribution in [3.8, 4) is 0 Å². The number of carbonyl (C=O) groups excluding carboxylic acids is 1. The van der Waals surface area contributed by atoms with Gasteiger partial charge < -0.3 is 4.90 Å². The standard InChI is InChI=1S/C16H23NO/c1-12-6-7-14(13(2)10-12)15(18)17-9-5-8-16(3,4)11-17/h6-7,10H,5,8-9,11H2,1-4H3. The maximum absolute atomic E-state index is 12.5. The summed E-state index contributed by atoms with van der Waals surface area (Å²) in [7, 11) is 0. The predicted octanol–water partition coefficient (Wildman–Crippen LogP) is 3.57. The van der Waals surface area contributed by atoms with Gasteiger partial charge in [-0.1, -0.05) is 31.5 Å². The molecule has 0 unspecified atom stereocenters. The van der Waals surface area contributed by atoms with Crippen LogP contribution >= 0.6 is 0 Å². The summed E-state index contributed by atoms with van der Waals surface area (Å²) in [6, 6.07) is 6.08. The Kier molecular flexibility index (Phi) is 3.47. The molecule has 98 valence electrons. The van der Waals surface area contributed by atoms with Gasteiger partial charge >= 0.3 is 0 Å². The highest BCUT2D eigenvalue weighted by molar-refractivity contribution is 5.95. The fourth-order valence-electron chi connectivity index (χ4n) is 2.82. The molecule has 2 rings (SSSR count). The van der Waals surface area contributed by atoms with Crippen molar-refractivity contribution in [2.75, 3.05) is 13.1 Å². The van der Waals surface area contributed by atoms with Gasteiger partial charge in [0.25, 0.3) is 5.91 Å². The lowest BCUT2D eigenvalue weighted by Crippen LogP contribution is -2.43. The third kappa shape index (κ3) is 2.74. The van der Waals surface area contributed by atoms with E-state index in [1.165, 1.54) is 12.0 Å². The quantitative estimate of drug-likeness (QED) is 0.740. The van der Waals surface area contributed by atoms with E-state index in [4.69, 9.17) is 0 Å². The summed E-state index contributed by atoms with van der Waals surface area (Å²) < 4.78 is 0. The molecular formula is C16H23NO. The molecule has 1 amide bonds. The molecule has 2 nitrogen and oxygen atoms in total. The van der Waals surface area contributed by atoms with Gasteiger partial charge in [0.05, 0.1) is 0 Å². The van der Waals surface area contributed by atoms with Crippen molar-refractivity contribution in [1.29, 1.82) is 0 Å². The fourth-order valence-corrected chi connectivity index (χ4v) is 2.82. The molecule has 0 bridgehead atoms. The number of hydrogen-bond acceptors (Lipinski definition) is 1. The van der Waals surface area contributed by atoms with Crippen molar-refractivity contribution in [2.45, 2.75) is 40.5 Å². The molecule has 1 saturated heterocycles. The highest BCUT2D eigenvalue weighted by atomic mass is 16.2. The first-order valence-corrected chi connectivity index (χ1v) is 6.76. The van der Waals surface area contributed by atoms with Gasteiger partial charge in [0.15, 0.2) is 0 Å². The normalized spacial score (nSPS) is 18.8. The summed E-state index contributed by atoms with van der Waals surface area (Å²) in [5, 5.41) is 0.